The molecule has 4 rings (SSSR count). The van der Waals surface area contributed by atoms with Crippen LogP contribution in [0.3, 0.4) is 0 Å². The van der Waals surface area contributed by atoms with Crippen molar-refractivity contribution in [3.63, 3.8) is 0 Å². The highest BCUT2D eigenvalue weighted by molar-refractivity contribution is 7.89. The highest BCUT2D eigenvalue weighted by Crippen LogP contribution is 2.27. The number of ether oxygens (including phenoxy) is 4. The molecule has 2 amide bonds. The molecule has 0 bridgehead atoms. The zero-order valence-electron chi connectivity index (χ0n) is 25.5. The summed E-state index contributed by atoms with van der Waals surface area (Å²) in [4.78, 5) is 28.2. The Morgan fingerprint density at radius 2 is 1.60 bits per heavy atom. The minimum absolute atomic E-state index is 0.130. The normalized spacial score (nSPS) is 14.3. The minimum atomic E-state index is -3.66. The second-order valence-corrected chi connectivity index (χ2v) is 12.7. The summed E-state index contributed by atoms with van der Waals surface area (Å²) < 4.78 is 48.8. The maximum atomic E-state index is 13.4. The van der Waals surface area contributed by atoms with E-state index in [1.807, 2.05) is 18.2 Å². The molecule has 0 aliphatic carbocycles. The molecule has 0 saturated carbocycles. The quantitative estimate of drug-likeness (QED) is 0.279. The Kier molecular flexibility index (Phi) is 12.1. The Morgan fingerprint density at radius 1 is 0.956 bits per heavy atom. The number of carbonyl (C=O) groups excluding carboxylic acids is 2. The third-order valence-electron chi connectivity index (χ3n) is 7.39. The van der Waals surface area contributed by atoms with Gasteiger partial charge in [-0.3, -0.25) is 9.59 Å². The Bertz CT molecular complexity index is 1550. The molecule has 1 atom stereocenters. The first-order valence-corrected chi connectivity index (χ1v) is 16.3. The predicted octanol–water partition coefficient (Wildman–Crippen LogP) is 3.53. The van der Waals surface area contributed by atoms with Crippen molar-refractivity contribution < 1.29 is 37.0 Å². The molecule has 1 saturated heterocycles. The van der Waals surface area contributed by atoms with Crippen LogP contribution in [-0.4, -0.2) is 89.2 Å². The molecule has 1 fully saturated rings. The van der Waals surface area contributed by atoms with Gasteiger partial charge in [-0.25, -0.2) is 8.42 Å². The van der Waals surface area contributed by atoms with Crippen LogP contribution in [-0.2, 0) is 37.3 Å². The molecule has 0 radical (unpaired) electrons. The Hall–Kier alpha value is -3.84. The van der Waals surface area contributed by atoms with E-state index >= 15 is 0 Å². The summed E-state index contributed by atoms with van der Waals surface area (Å²) in [7, 11) is -0.528. The van der Waals surface area contributed by atoms with Crippen LogP contribution in [0, 0.1) is 0 Å². The summed E-state index contributed by atoms with van der Waals surface area (Å²) in [6.07, 6.45) is 0.546. The number of morpholine rings is 1. The van der Waals surface area contributed by atoms with E-state index in [1.165, 1.54) is 33.5 Å². The van der Waals surface area contributed by atoms with Gasteiger partial charge in [0.05, 0.1) is 32.3 Å². The van der Waals surface area contributed by atoms with Gasteiger partial charge < -0.3 is 29.2 Å². The summed E-state index contributed by atoms with van der Waals surface area (Å²) in [5, 5.41) is 3.47. The number of nitrogens with one attached hydrogen (secondary N) is 1. The second-order valence-electron chi connectivity index (χ2n) is 10.3. The molecule has 0 spiro atoms. The number of halogens is 1. The fraction of sp³-hybridized carbons (Fsp3) is 0.375. The Morgan fingerprint density at radius 3 is 2.24 bits per heavy atom. The number of nitrogens with zero attached hydrogens (tertiary/aromatic N) is 2. The highest BCUT2D eigenvalue weighted by atomic mass is 35.5. The number of hydrogen-bond acceptors (Lipinski definition) is 8. The zero-order chi connectivity index (χ0) is 32.4. The first-order chi connectivity index (χ1) is 21.6. The number of sulfonamides is 1. The van der Waals surface area contributed by atoms with Crippen molar-refractivity contribution in [2.75, 3.05) is 53.7 Å². The van der Waals surface area contributed by atoms with Gasteiger partial charge >= 0.3 is 0 Å². The summed E-state index contributed by atoms with van der Waals surface area (Å²) in [6, 6.07) is 17.7. The molecular weight excluding hydrogens is 622 g/mol. The lowest BCUT2D eigenvalue weighted by Gasteiger charge is -2.29. The van der Waals surface area contributed by atoms with Crippen LogP contribution in [0.15, 0.2) is 71.6 Å². The first kappa shape index (κ1) is 34.0. The molecule has 3 aromatic carbocycles. The third-order valence-corrected chi connectivity index (χ3v) is 9.55. The molecule has 1 N–H and O–H groups in total. The smallest absolute Gasteiger partial charge is 0.261 e. The van der Waals surface area contributed by atoms with E-state index in [4.69, 9.17) is 30.5 Å². The van der Waals surface area contributed by atoms with Crippen LogP contribution in [0.1, 0.15) is 18.1 Å². The Balaban J connectivity index is 1.39. The van der Waals surface area contributed by atoms with Crippen molar-refractivity contribution in [1.29, 1.82) is 0 Å². The van der Waals surface area contributed by atoms with Crippen molar-refractivity contribution in [3.8, 4) is 17.2 Å². The lowest BCUT2D eigenvalue weighted by molar-refractivity contribution is -0.142. The lowest BCUT2D eigenvalue weighted by atomic mass is 10.1. The average molecular weight is 660 g/mol. The lowest BCUT2D eigenvalue weighted by Crippen LogP contribution is -2.49. The third kappa shape index (κ3) is 9.10. The van der Waals surface area contributed by atoms with Crippen molar-refractivity contribution in [2.24, 2.45) is 0 Å². The van der Waals surface area contributed by atoms with Crippen molar-refractivity contribution in [2.45, 2.75) is 30.8 Å². The molecule has 45 heavy (non-hydrogen) atoms. The summed E-state index contributed by atoms with van der Waals surface area (Å²) in [5.41, 5.74) is 1.74. The fourth-order valence-electron chi connectivity index (χ4n) is 4.75. The fourth-order valence-corrected chi connectivity index (χ4v) is 6.29. The van der Waals surface area contributed by atoms with Gasteiger partial charge in [-0.15, -0.1) is 0 Å². The largest absolute Gasteiger partial charge is 0.493 e. The SMILES string of the molecule is COc1ccc(CCNC(=O)[C@@H](C)N(Cc2ccc(Cl)cc2)C(=O)COc2ccc(S(=O)(=O)N3CCOCC3)cc2)cc1OC. The van der Waals surface area contributed by atoms with Crippen molar-refractivity contribution >= 4 is 33.4 Å². The average Bonchev–Trinajstić information content (AvgIpc) is 3.07. The van der Waals surface area contributed by atoms with Crippen LogP contribution < -0.4 is 19.5 Å². The van der Waals surface area contributed by atoms with Crippen molar-refractivity contribution in [1.82, 2.24) is 14.5 Å². The van der Waals surface area contributed by atoms with Gasteiger partial charge in [0.1, 0.15) is 11.8 Å². The number of hydrogen-bond donors (Lipinski definition) is 1. The molecule has 0 aromatic heterocycles. The van der Waals surface area contributed by atoms with E-state index in [1.54, 1.807) is 45.4 Å². The van der Waals surface area contributed by atoms with Crippen LogP contribution in [0.5, 0.6) is 17.2 Å². The molecule has 0 unspecified atom stereocenters. The monoisotopic (exact) mass is 659 g/mol. The van der Waals surface area contributed by atoms with E-state index in [0.29, 0.717) is 61.5 Å². The highest BCUT2D eigenvalue weighted by Gasteiger charge is 2.28. The molecule has 13 heteroatoms. The van der Waals surface area contributed by atoms with Crippen LogP contribution in [0.2, 0.25) is 5.02 Å². The molecule has 3 aromatic rings. The van der Waals surface area contributed by atoms with Gasteiger partial charge in [0.15, 0.2) is 18.1 Å². The molecule has 1 heterocycles. The van der Waals surface area contributed by atoms with Crippen LogP contribution >= 0.6 is 11.6 Å². The maximum Gasteiger partial charge on any atom is 0.261 e. The van der Waals surface area contributed by atoms with Gasteiger partial charge in [-0.2, -0.15) is 4.31 Å². The van der Waals surface area contributed by atoms with Crippen LogP contribution in [0.25, 0.3) is 0 Å². The Labute approximate surface area is 269 Å². The summed E-state index contributed by atoms with van der Waals surface area (Å²) in [6.45, 7) is 3.09. The number of amides is 2. The van der Waals surface area contributed by atoms with Gasteiger partial charge in [-0.1, -0.05) is 29.8 Å². The number of carbonyl (C=O) groups is 2. The van der Waals surface area contributed by atoms with Gasteiger partial charge in [0.25, 0.3) is 5.91 Å². The summed E-state index contributed by atoms with van der Waals surface area (Å²) in [5.74, 6) is 0.796. The predicted molar refractivity (Wildman–Crippen MR) is 169 cm³/mol. The van der Waals surface area contributed by atoms with Gasteiger partial charge in [-0.05, 0) is 73.0 Å². The summed E-state index contributed by atoms with van der Waals surface area (Å²) >= 11 is 6.04. The maximum absolute atomic E-state index is 13.4. The van der Waals surface area contributed by atoms with E-state index in [2.05, 4.69) is 5.32 Å². The number of rotatable bonds is 14. The van der Waals surface area contributed by atoms with E-state index in [-0.39, 0.29) is 24.0 Å². The van der Waals surface area contributed by atoms with Gasteiger partial charge in [0.2, 0.25) is 15.9 Å². The standard InChI is InChI=1S/C32H38ClN3O8S/c1-23(32(38)34-15-14-24-6-13-29(41-2)30(20-24)42-3)36(21-25-4-7-26(33)8-5-25)31(37)22-44-27-9-11-28(12-10-27)45(39,40)35-16-18-43-19-17-35/h4-13,20,23H,14-19,21-22H2,1-3H3,(H,34,38)/t23-/m1/s1. The topological polar surface area (TPSA) is 124 Å². The number of benzene rings is 3. The molecule has 1 aliphatic heterocycles. The second kappa shape index (κ2) is 15.9. The minimum Gasteiger partial charge on any atom is -0.493 e. The zero-order valence-corrected chi connectivity index (χ0v) is 27.1. The first-order valence-electron chi connectivity index (χ1n) is 14.5. The number of methoxy groups -OCH3 is 2. The molecular formula is C32H38ClN3O8S. The van der Waals surface area contributed by atoms with E-state index in [9.17, 15) is 18.0 Å². The molecule has 242 valence electrons. The van der Waals surface area contributed by atoms with Gasteiger partial charge in [0, 0.05) is 31.2 Å². The van der Waals surface area contributed by atoms with E-state index in [0.717, 1.165) is 11.1 Å². The van der Waals surface area contributed by atoms with Crippen LogP contribution in [0.4, 0.5) is 0 Å². The molecule has 1 aliphatic rings. The van der Waals surface area contributed by atoms with E-state index < -0.39 is 22.0 Å². The van der Waals surface area contributed by atoms with Crippen molar-refractivity contribution in [3.05, 3.63) is 82.9 Å². The molecule has 11 nitrogen and oxygen atoms in total.